The van der Waals surface area contributed by atoms with Crippen molar-refractivity contribution < 1.29 is 30.0 Å². The topological polar surface area (TPSA) is 50.2 Å². The molecule has 52 heavy (non-hydrogen) atoms. The molecule has 0 aliphatic carbocycles. The van der Waals surface area contributed by atoms with Crippen LogP contribution in [0.1, 0.15) is 118 Å². The summed E-state index contributed by atoms with van der Waals surface area (Å²) in [6.45, 7) is 25.6. The fraction of sp³-hybridized carbons (Fsp3) is 0.447. The molecule has 0 fully saturated rings. The van der Waals surface area contributed by atoms with Gasteiger partial charge in [-0.1, -0.05) is 136 Å². The van der Waals surface area contributed by atoms with E-state index >= 15 is 0 Å². The molecule has 5 heteroatoms. The number of carbonyl (C=O) groups excluding carboxylic acids is 1. The molecular weight excluding hydrogens is 835 g/mol. The second-order valence-electron chi connectivity index (χ2n) is 16.2. The van der Waals surface area contributed by atoms with Crippen molar-refractivity contribution in [1.29, 1.82) is 0 Å². The van der Waals surface area contributed by atoms with E-state index in [1.807, 2.05) is 52.9 Å². The standard InChI is InChI=1S/C32H32NS.C15H28O2.Ir/c1-20(2)15-22-11-13-23(14-12-22)27-19-29(33-30-16-21(3)34-31(27)30)25-17-24-9-7-8-10-26(24)28(18-25)32(4,5)6;1-7-14(5,8-2)12(16)11-13(17)15(6,9-3)10-4;/h7-14,16,18-20H,15H2,1-6H3;11,16H,7-10H2,1-6H3;/q-1;;/b;12-11-;. The van der Waals surface area contributed by atoms with E-state index in [0.29, 0.717) is 5.92 Å². The zero-order valence-electron chi connectivity index (χ0n) is 33.6. The van der Waals surface area contributed by atoms with Crippen LogP contribution in [-0.2, 0) is 36.7 Å². The van der Waals surface area contributed by atoms with Crippen LogP contribution in [0, 0.1) is 29.7 Å². The first kappa shape index (κ1) is 43.3. The van der Waals surface area contributed by atoms with Crippen LogP contribution in [0.15, 0.2) is 78.6 Å². The number of nitrogens with zero attached hydrogens (tertiary/aromatic N) is 1. The molecule has 5 rings (SSSR count). The molecule has 0 amide bonds. The molecule has 1 radical (unpaired) electrons. The van der Waals surface area contributed by atoms with Gasteiger partial charge >= 0.3 is 0 Å². The number of hydrogen-bond acceptors (Lipinski definition) is 4. The van der Waals surface area contributed by atoms with Gasteiger partial charge in [-0.3, -0.25) is 9.78 Å². The summed E-state index contributed by atoms with van der Waals surface area (Å²) in [5.74, 6) is 0.944. The van der Waals surface area contributed by atoms with Crippen molar-refractivity contribution in [1.82, 2.24) is 4.98 Å². The summed E-state index contributed by atoms with van der Waals surface area (Å²) in [5.41, 5.74) is 7.78. The maximum Gasteiger partial charge on any atom is 0.164 e. The largest absolute Gasteiger partial charge is 0.512 e. The van der Waals surface area contributed by atoms with E-state index in [4.69, 9.17) is 4.98 Å². The van der Waals surface area contributed by atoms with Gasteiger partial charge in [0.15, 0.2) is 5.78 Å². The van der Waals surface area contributed by atoms with Crippen LogP contribution in [0.25, 0.3) is 43.4 Å². The minimum absolute atomic E-state index is 0. The fourth-order valence-corrected chi connectivity index (χ4v) is 7.45. The average Bonchev–Trinajstić information content (AvgIpc) is 3.49. The Kier molecular flexibility index (Phi) is 14.8. The Hall–Kier alpha value is -3.11. The van der Waals surface area contributed by atoms with Gasteiger partial charge in [0.2, 0.25) is 0 Å². The number of ketones is 1. The first-order valence-corrected chi connectivity index (χ1v) is 19.7. The minimum atomic E-state index is -0.337. The first-order chi connectivity index (χ1) is 24.0. The monoisotopic (exact) mass is 895 g/mol. The van der Waals surface area contributed by atoms with Crippen molar-refractivity contribution in [2.45, 2.75) is 121 Å². The Morgan fingerprint density at radius 3 is 2.02 bits per heavy atom. The summed E-state index contributed by atoms with van der Waals surface area (Å²) >= 11 is 1.83. The van der Waals surface area contributed by atoms with Gasteiger partial charge in [0.1, 0.15) is 5.76 Å². The Labute approximate surface area is 331 Å². The number of pyridine rings is 1. The van der Waals surface area contributed by atoms with E-state index in [2.05, 4.69) is 114 Å². The molecule has 3 nitrogen and oxygen atoms in total. The summed E-state index contributed by atoms with van der Waals surface area (Å²) in [6.07, 6.45) is 5.86. The molecule has 0 aliphatic rings. The summed E-state index contributed by atoms with van der Waals surface area (Å²) < 4.78 is 1.26. The number of allylic oxidation sites excluding steroid dienone is 2. The predicted molar refractivity (Wildman–Crippen MR) is 222 cm³/mol. The molecule has 0 aliphatic heterocycles. The number of thiophene rings is 1. The Balaban J connectivity index is 0.000000347. The van der Waals surface area contributed by atoms with Gasteiger partial charge in [-0.15, -0.1) is 40.5 Å². The Morgan fingerprint density at radius 2 is 1.46 bits per heavy atom. The van der Waals surface area contributed by atoms with Crippen molar-refractivity contribution in [3.63, 3.8) is 0 Å². The van der Waals surface area contributed by atoms with Crippen LogP contribution in [-0.4, -0.2) is 15.9 Å². The third kappa shape index (κ3) is 9.90. The van der Waals surface area contributed by atoms with Gasteiger partial charge in [-0.25, -0.2) is 0 Å². The van der Waals surface area contributed by atoms with Crippen LogP contribution in [0.2, 0.25) is 0 Å². The smallest absolute Gasteiger partial charge is 0.164 e. The van der Waals surface area contributed by atoms with Crippen LogP contribution in [0.5, 0.6) is 0 Å². The van der Waals surface area contributed by atoms with E-state index in [1.54, 1.807) is 0 Å². The third-order valence-corrected chi connectivity index (χ3v) is 12.0. The Morgan fingerprint density at radius 1 is 0.865 bits per heavy atom. The van der Waals surface area contributed by atoms with Gasteiger partial charge in [0.05, 0.1) is 10.2 Å². The molecule has 0 unspecified atom stereocenters. The van der Waals surface area contributed by atoms with Gasteiger partial charge in [0, 0.05) is 47.6 Å². The molecule has 2 heterocycles. The number of hydrogen-bond donors (Lipinski definition) is 1. The second-order valence-corrected chi connectivity index (χ2v) is 17.5. The maximum atomic E-state index is 12.2. The van der Waals surface area contributed by atoms with Gasteiger partial charge in [0.25, 0.3) is 0 Å². The maximum absolute atomic E-state index is 12.2. The molecule has 0 spiro atoms. The zero-order valence-corrected chi connectivity index (χ0v) is 36.8. The van der Waals surface area contributed by atoms with Crippen LogP contribution >= 0.6 is 11.3 Å². The van der Waals surface area contributed by atoms with E-state index < -0.39 is 0 Å². The third-order valence-electron chi connectivity index (χ3n) is 11.0. The molecule has 0 saturated heterocycles. The molecule has 2 aromatic heterocycles. The summed E-state index contributed by atoms with van der Waals surface area (Å²) in [4.78, 5) is 18.6. The van der Waals surface area contributed by atoms with Gasteiger partial charge in [-0.05, 0) is 73.1 Å². The van der Waals surface area contributed by atoms with Crippen molar-refractivity contribution >= 4 is 38.1 Å². The average molecular weight is 895 g/mol. The number of aromatic nitrogens is 1. The van der Waals surface area contributed by atoms with Crippen molar-refractivity contribution in [3.05, 3.63) is 101 Å². The number of rotatable bonds is 11. The molecule has 5 aromatic rings. The number of aliphatic hydroxyl groups is 1. The van der Waals surface area contributed by atoms with Crippen LogP contribution in [0.3, 0.4) is 0 Å². The van der Waals surface area contributed by atoms with Crippen LogP contribution in [0.4, 0.5) is 0 Å². The van der Waals surface area contributed by atoms with Crippen molar-refractivity contribution in [3.8, 4) is 22.4 Å². The Bertz CT molecular complexity index is 1990. The molecule has 281 valence electrons. The van der Waals surface area contributed by atoms with E-state index in [0.717, 1.165) is 54.3 Å². The number of carbonyl (C=O) groups is 1. The molecule has 0 atom stereocenters. The number of aryl methyl sites for hydroxylation is 1. The van der Waals surface area contributed by atoms with Crippen LogP contribution < -0.4 is 0 Å². The van der Waals surface area contributed by atoms with Crippen molar-refractivity contribution in [2.24, 2.45) is 16.7 Å². The normalized spacial score (nSPS) is 12.5. The number of fused-ring (bicyclic) bond motifs is 2. The summed E-state index contributed by atoms with van der Waals surface area (Å²) in [7, 11) is 0. The summed E-state index contributed by atoms with van der Waals surface area (Å²) in [6, 6.07) is 28.1. The second kappa shape index (κ2) is 17.8. The molecule has 1 N–H and O–H groups in total. The van der Waals surface area contributed by atoms with Gasteiger partial charge < -0.3 is 5.11 Å². The van der Waals surface area contributed by atoms with E-state index in [1.165, 1.54) is 43.3 Å². The van der Waals surface area contributed by atoms with Gasteiger partial charge in [-0.2, -0.15) is 0 Å². The quantitative estimate of drug-likeness (QED) is 0.0816. The fourth-order valence-electron chi connectivity index (χ4n) is 6.46. The summed E-state index contributed by atoms with van der Waals surface area (Å²) in [5, 5.41) is 12.6. The SMILES string of the molecule is CCC(C)(CC)C(=O)/C=C(\O)C(C)(CC)CC.Cc1cc2nc(-c3[c-]c4ccccc4c(C(C)(C)C)c3)cc(-c3ccc(CC(C)C)cc3)c2s1.[Ir]. The number of benzene rings is 3. The molecular formula is C47H60IrNO2S-. The molecule has 0 bridgehead atoms. The zero-order chi connectivity index (χ0) is 37.7. The van der Waals surface area contributed by atoms with Crippen molar-refractivity contribution in [2.75, 3.05) is 0 Å². The minimum Gasteiger partial charge on any atom is -0.512 e. The number of aliphatic hydroxyl groups excluding tert-OH is 1. The van der Waals surface area contributed by atoms with E-state index in [9.17, 15) is 9.90 Å². The molecule has 3 aromatic carbocycles. The first-order valence-electron chi connectivity index (χ1n) is 18.9. The van der Waals surface area contributed by atoms with E-state index in [-0.39, 0.29) is 47.9 Å². The predicted octanol–water partition coefficient (Wildman–Crippen LogP) is 14.0. The molecule has 0 saturated carbocycles.